The smallest absolute Gasteiger partial charge is 0.411 e. The van der Waals surface area contributed by atoms with E-state index < -0.39 is 6.09 Å². The molecule has 0 unspecified atom stereocenters. The summed E-state index contributed by atoms with van der Waals surface area (Å²) in [6, 6.07) is 13.9. The van der Waals surface area contributed by atoms with E-state index in [0.29, 0.717) is 18.8 Å². The zero-order valence-electron chi connectivity index (χ0n) is 12.7. The number of carbonyl (C=O) groups is 1. The molecule has 0 spiro atoms. The van der Waals surface area contributed by atoms with Crippen LogP contribution in [0.25, 0.3) is 0 Å². The molecular formula is C17H19FN2O2. The second-order valence-corrected chi connectivity index (χ2v) is 4.87. The molecule has 0 heterocycles. The molecule has 1 amide bonds. The van der Waals surface area contributed by atoms with E-state index in [-0.39, 0.29) is 5.82 Å². The molecule has 2 aromatic rings. The Morgan fingerprint density at radius 3 is 2.36 bits per heavy atom. The number of ether oxygens (including phenoxy) is 1. The molecule has 0 saturated heterocycles. The summed E-state index contributed by atoms with van der Waals surface area (Å²) in [5.74, 6) is -0.235. The van der Waals surface area contributed by atoms with Crippen LogP contribution in [-0.2, 0) is 11.3 Å². The van der Waals surface area contributed by atoms with Crippen molar-refractivity contribution in [2.75, 3.05) is 23.9 Å². The van der Waals surface area contributed by atoms with Crippen molar-refractivity contribution in [3.63, 3.8) is 0 Å². The number of amides is 1. The molecule has 5 heteroatoms. The van der Waals surface area contributed by atoms with Gasteiger partial charge in [0.05, 0.1) is 6.61 Å². The zero-order valence-corrected chi connectivity index (χ0v) is 12.7. The largest absolute Gasteiger partial charge is 0.450 e. The van der Waals surface area contributed by atoms with E-state index in [1.807, 2.05) is 36.2 Å². The van der Waals surface area contributed by atoms with E-state index in [2.05, 4.69) is 5.32 Å². The summed E-state index contributed by atoms with van der Waals surface area (Å²) in [5, 5.41) is 2.64. The molecule has 116 valence electrons. The lowest BCUT2D eigenvalue weighted by Crippen LogP contribution is -2.16. The Balaban J connectivity index is 1.97. The van der Waals surface area contributed by atoms with Crippen molar-refractivity contribution in [2.24, 2.45) is 0 Å². The number of rotatable bonds is 5. The van der Waals surface area contributed by atoms with Crippen molar-refractivity contribution in [1.82, 2.24) is 0 Å². The Hall–Kier alpha value is -2.56. The van der Waals surface area contributed by atoms with Gasteiger partial charge in [-0.05, 0) is 48.9 Å². The number of carbonyl (C=O) groups excluding carboxylic acids is 1. The topological polar surface area (TPSA) is 41.6 Å². The summed E-state index contributed by atoms with van der Waals surface area (Å²) in [6.07, 6.45) is -0.463. The highest BCUT2D eigenvalue weighted by molar-refractivity contribution is 5.84. The van der Waals surface area contributed by atoms with Gasteiger partial charge < -0.3 is 9.64 Å². The molecule has 0 saturated carbocycles. The van der Waals surface area contributed by atoms with Crippen molar-refractivity contribution < 1.29 is 13.9 Å². The molecule has 22 heavy (non-hydrogen) atoms. The van der Waals surface area contributed by atoms with Gasteiger partial charge in [-0.25, -0.2) is 9.18 Å². The molecular weight excluding hydrogens is 283 g/mol. The molecule has 0 atom stereocenters. The van der Waals surface area contributed by atoms with Crippen molar-refractivity contribution >= 4 is 17.5 Å². The molecule has 0 radical (unpaired) electrons. The fourth-order valence-electron chi connectivity index (χ4n) is 2.04. The van der Waals surface area contributed by atoms with E-state index in [1.165, 1.54) is 12.1 Å². The molecule has 0 aliphatic rings. The maximum absolute atomic E-state index is 12.9. The Bertz CT molecular complexity index is 612. The van der Waals surface area contributed by atoms with Crippen molar-refractivity contribution in [3.05, 3.63) is 59.9 Å². The molecule has 0 fully saturated rings. The second-order valence-electron chi connectivity index (χ2n) is 4.87. The van der Waals surface area contributed by atoms with Gasteiger partial charge in [-0.3, -0.25) is 5.32 Å². The summed E-state index contributed by atoms with van der Waals surface area (Å²) in [7, 11) is 1.96. The maximum Gasteiger partial charge on any atom is 0.411 e. The minimum Gasteiger partial charge on any atom is -0.450 e. The third-order valence-electron chi connectivity index (χ3n) is 3.16. The van der Waals surface area contributed by atoms with Gasteiger partial charge in [-0.1, -0.05) is 12.1 Å². The monoisotopic (exact) mass is 302 g/mol. The number of anilines is 2. The normalized spacial score (nSPS) is 10.1. The van der Waals surface area contributed by atoms with Crippen LogP contribution in [0, 0.1) is 5.82 Å². The van der Waals surface area contributed by atoms with E-state index in [0.717, 1.165) is 11.3 Å². The first-order valence-electron chi connectivity index (χ1n) is 7.08. The van der Waals surface area contributed by atoms with Crippen LogP contribution < -0.4 is 10.2 Å². The van der Waals surface area contributed by atoms with Crippen LogP contribution >= 0.6 is 0 Å². The first kappa shape index (κ1) is 15.8. The number of benzene rings is 2. The lowest BCUT2D eigenvalue weighted by molar-refractivity contribution is 0.168. The van der Waals surface area contributed by atoms with Crippen LogP contribution in [0.2, 0.25) is 0 Å². The molecule has 2 rings (SSSR count). The zero-order chi connectivity index (χ0) is 15.9. The van der Waals surface area contributed by atoms with E-state index in [9.17, 15) is 9.18 Å². The fraction of sp³-hybridized carbons (Fsp3) is 0.235. The number of nitrogens with zero attached hydrogens (tertiary/aromatic N) is 1. The van der Waals surface area contributed by atoms with Crippen molar-refractivity contribution in [2.45, 2.75) is 13.5 Å². The van der Waals surface area contributed by atoms with Crippen LogP contribution in [0.3, 0.4) is 0 Å². The Labute approximate surface area is 129 Å². The minimum absolute atomic E-state index is 0.235. The third kappa shape index (κ3) is 4.48. The lowest BCUT2D eigenvalue weighted by atomic mass is 10.2. The van der Waals surface area contributed by atoms with E-state index in [1.54, 1.807) is 19.1 Å². The van der Waals surface area contributed by atoms with Crippen LogP contribution in [0.1, 0.15) is 12.5 Å². The van der Waals surface area contributed by atoms with Gasteiger partial charge in [0, 0.05) is 25.0 Å². The number of hydrogen-bond acceptors (Lipinski definition) is 3. The fourth-order valence-corrected chi connectivity index (χ4v) is 2.04. The highest BCUT2D eigenvalue weighted by Crippen LogP contribution is 2.19. The first-order valence-corrected chi connectivity index (χ1v) is 7.08. The highest BCUT2D eigenvalue weighted by Gasteiger charge is 2.05. The summed E-state index contributed by atoms with van der Waals surface area (Å²) in [4.78, 5) is 13.4. The summed E-state index contributed by atoms with van der Waals surface area (Å²) >= 11 is 0. The van der Waals surface area contributed by atoms with Crippen LogP contribution in [0.15, 0.2) is 48.5 Å². The van der Waals surface area contributed by atoms with E-state index >= 15 is 0 Å². The predicted molar refractivity (Wildman–Crippen MR) is 85.6 cm³/mol. The van der Waals surface area contributed by atoms with Crippen LogP contribution in [-0.4, -0.2) is 19.7 Å². The maximum atomic E-state index is 12.9. The SMILES string of the molecule is CCOC(=O)Nc1ccc(N(C)Cc2ccc(F)cc2)cc1. The van der Waals surface area contributed by atoms with Gasteiger partial charge in [-0.15, -0.1) is 0 Å². The molecule has 0 aromatic heterocycles. The molecule has 0 aliphatic carbocycles. The summed E-state index contributed by atoms with van der Waals surface area (Å²) in [6.45, 7) is 2.77. The number of nitrogens with one attached hydrogen (secondary N) is 1. The number of halogens is 1. The average Bonchev–Trinajstić information content (AvgIpc) is 2.50. The quantitative estimate of drug-likeness (QED) is 0.906. The Morgan fingerprint density at radius 2 is 1.77 bits per heavy atom. The lowest BCUT2D eigenvalue weighted by Gasteiger charge is -2.19. The summed E-state index contributed by atoms with van der Waals surface area (Å²) in [5.41, 5.74) is 2.70. The predicted octanol–water partition coefficient (Wildman–Crippen LogP) is 4.03. The highest BCUT2D eigenvalue weighted by atomic mass is 19.1. The number of hydrogen-bond donors (Lipinski definition) is 1. The minimum atomic E-state index is -0.463. The van der Waals surface area contributed by atoms with Gasteiger partial charge in [0.2, 0.25) is 0 Å². The van der Waals surface area contributed by atoms with Crippen LogP contribution in [0.4, 0.5) is 20.6 Å². The van der Waals surface area contributed by atoms with E-state index in [4.69, 9.17) is 4.74 Å². The standard InChI is InChI=1S/C17H19FN2O2/c1-3-22-17(21)19-15-8-10-16(11-9-15)20(2)12-13-4-6-14(18)7-5-13/h4-11H,3,12H2,1-2H3,(H,19,21). The molecule has 1 N–H and O–H groups in total. The first-order chi connectivity index (χ1) is 10.6. The molecule has 0 aliphatic heterocycles. The van der Waals surface area contributed by atoms with Gasteiger partial charge in [0.1, 0.15) is 5.82 Å². The van der Waals surface area contributed by atoms with Crippen molar-refractivity contribution in [1.29, 1.82) is 0 Å². The molecule has 4 nitrogen and oxygen atoms in total. The van der Waals surface area contributed by atoms with Crippen LogP contribution in [0.5, 0.6) is 0 Å². The van der Waals surface area contributed by atoms with Gasteiger partial charge in [0.15, 0.2) is 0 Å². The van der Waals surface area contributed by atoms with Gasteiger partial charge >= 0.3 is 6.09 Å². The third-order valence-corrected chi connectivity index (χ3v) is 3.16. The summed E-state index contributed by atoms with van der Waals surface area (Å²) < 4.78 is 17.7. The molecule has 2 aromatic carbocycles. The molecule has 0 bridgehead atoms. The van der Waals surface area contributed by atoms with Gasteiger partial charge in [-0.2, -0.15) is 0 Å². The van der Waals surface area contributed by atoms with Crippen molar-refractivity contribution in [3.8, 4) is 0 Å². The Kier molecular flexibility index (Phi) is 5.36. The second kappa shape index (κ2) is 7.45. The average molecular weight is 302 g/mol. The Morgan fingerprint density at radius 1 is 1.14 bits per heavy atom. The van der Waals surface area contributed by atoms with Gasteiger partial charge in [0.25, 0.3) is 0 Å².